The molecule has 2 aromatic rings. The van der Waals surface area contributed by atoms with E-state index in [2.05, 4.69) is 5.32 Å². The summed E-state index contributed by atoms with van der Waals surface area (Å²) in [5, 5.41) is 2.84. The van der Waals surface area contributed by atoms with Crippen LogP contribution >= 0.6 is 0 Å². The van der Waals surface area contributed by atoms with Gasteiger partial charge in [0.15, 0.2) is 6.10 Å². The zero-order chi connectivity index (χ0) is 23.1. The van der Waals surface area contributed by atoms with Gasteiger partial charge in [-0.3, -0.25) is 4.79 Å². The van der Waals surface area contributed by atoms with Crippen molar-refractivity contribution >= 4 is 15.9 Å². The molecule has 32 heavy (non-hydrogen) atoms. The third-order valence-corrected chi connectivity index (χ3v) is 7.60. The summed E-state index contributed by atoms with van der Waals surface area (Å²) in [6.45, 7) is 7.63. The number of aryl methyl sites for hydroxylation is 1. The third-order valence-electron chi connectivity index (χ3n) is 5.68. The van der Waals surface area contributed by atoms with Crippen LogP contribution in [0.4, 0.5) is 0 Å². The Kier molecular flexibility index (Phi) is 8.15. The van der Waals surface area contributed by atoms with Crippen LogP contribution in [0.25, 0.3) is 0 Å². The molecular weight excluding hydrogens is 428 g/mol. The molecule has 1 aliphatic heterocycles. The van der Waals surface area contributed by atoms with E-state index < -0.39 is 16.1 Å². The molecule has 7 nitrogen and oxygen atoms in total. The summed E-state index contributed by atoms with van der Waals surface area (Å²) < 4.78 is 38.2. The van der Waals surface area contributed by atoms with Gasteiger partial charge >= 0.3 is 0 Å². The molecule has 1 N–H and O–H groups in total. The Labute approximate surface area is 190 Å². The molecule has 2 aromatic carbocycles. The fraction of sp³-hybridized carbons (Fsp3) is 0.458. The number of hydrogen-bond acceptors (Lipinski definition) is 5. The molecule has 1 atom stereocenters. The zero-order valence-corrected chi connectivity index (χ0v) is 19.8. The number of rotatable bonds is 10. The SMILES string of the molecule is CC[C@@H](Oc1cccc(C)c1C)C(=O)NCCOc1ccc(S(=O)(=O)N2CCCC2)cc1. The molecule has 0 aliphatic carbocycles. The molecule has 1 fully saturated rings. The van der Waals surface area contributed by atoms with E-state index in [0.29, 0.717) is 37.6 Å². The van der Waals surface area contributed by atoms with Gasteiger partial charge in [0.05, 0.1) is 11.4 Å². The summed E-state index contributed by atoms with van der Waals surface area (Å²) in [5.41, 5.74) is 2.14. The molecule has 0 unspecified atom stereocenters. The van der Waals surface area contributed by atoms with Crippen LogP contribution in [0, 0.1) is 13.8 Å². The Bertz CT molecular complexity index is 1020. The Morgan fingerprint density at radius 2 is 1.78 bits per heavy atom. The van der Waals surface area contributed by atoms with Gasteiger partial charge in [0.2, 0.25) is 10.0 Å². The van der Waals surface area contributed by atoms with E-state index in [1.54, 1.807) is 24.3 Å². The second-order valence-electron chi connectivity index (χ2n) is 7.93. The summed E-state index contributed by atoms with van der Waals surface area (Å²) in [4.78, 5) is 12.8. The number of carbonyl (C=O) groups excluding carboxylic acids is 1. The zero-order valence-electron chi connectivity index (χ0n) is 19.0. The normalized spacial score (nSPS) is 15.3. The van der Waals surface area contributed by atoms with E-state index in [4.69, 9.17) is 9.47 Å². The molecule has 0 saturated carbocycles. The Balaban J connectivity index is 1.46. The summed E-state index contributed by atoms with van der Waals surface area (Å²) in [5.74, 6) is 1.08. The van der Waals surface area contributed by atoms with Crippen molar-refractivity contribution in [2.45, 2.75) is 51.0 Å². The van der Waals surface area contributed by atoms with Gasteiger partial charge in [-0.15, -0.1) is 0 Å². The quantitative estimate of drug-likeness (QED) is 0.549. The van der Waals surface area contributed by atoms with Crippen molar-refractivity contribution in [1.82, 2.24) is 9.62 Å². The number of nitrogens with zero attached hydrogens (tertiary/aromatic N) is 1. The average Bonchev–Trinajstić information content (AvgIpc) is 3.34. The molecule has 0 radical (unpaired) electrons. The molecule has 1 saturated heterocycles. The van der Waals surface area contributed by atoms with Gasteiger partial charge in [-0.05, 0) is 74.6 Å². The molecule has 174 valence electrons. The fourth-order valence-electron chi connectivity index (χ4n) is 3.57. The molecular formula is C24H32N2O5S. The molecule has 0 spiro atoms. The number of sulfonamides is 1. The van der Waals surface area contributed by atoms with Crippen LogP contribution in [0.15, 0.2) is 47.4 Å². The first-order valence-corrected chi connectivity index (χ1v) is 12.5. The van der Waals surface area contributed by atoms with Crippen molar-refractivity contribution in [3.05, 3.63) is 53.6 Å². The smallest absolute Gasteiger partial charge is 0.261 e. The van der Waals surface area contributed by atoms with Crippen LogP contribution < -0.4 is 14.8 Å². The standard InChI is InChI=1S/C24H32N2O5S/c1-4-22(31-23-9-7-8-18(2)19(23)3)24(27)25-14-17-30-20-10-12-21(13-11-20)32(28,29)26-15-5-6-16-26/h7-13,22H,4-6,14-17H2,1-3H3,(H,25,27)/t22-/m1/s1. The van der Waals surface area contributed by atoms with E-state index in [1.165, 1.54) is 4.31 Å². The highest BCUT2D eigenvalue weighted by Gasteiger charge is 2.27. The lowest BCUT2D eigenvalue weighted by Gasteiger charge is -2.19. The number of carbonyl (C=O) groups is 1. The van der Waals surface area contributed by atoms with E-state index in [0.717, 1.165) is 24.0 Å². The van der Waals surface area contributed by atoms with Crippen molar-refractivity contribution < 1.29 is 22.7 Å². The largest absolute Gasteiger partial charge is 0.492 e. The van der Waals surface area contributed by atoms with Crippen molar-refractivity contribution in [3.63, 3.8) is 0 Å². The van der Waals surface area contributed by atoms with E-state index in [-0.39, 0.29) is 17.4 Å². The predicted molar refractivity (Wildman–Crippen MR) is 124 cm³/mol. The van der Waals surface area contributed by atoms with Crippen LogP contribution in [0.3, 0.4) is 0 Å². The van der Waals surface area contributed by atoms with Crippen molar-refractivity contribution in [1.29, 1.82) is 0 Å². The van der Waals surface area contributed by atoms with Crippen LogP contribution in [-0.2, 0) is 14.8 Å². The Morgan fingerprint density at radius 3 is 2.44 bits per heavy atom. The highest BCUT2D eigenvalue weighted by molar-refractivity contribution is 7.89. The van der Waals surface area contributed by atoms with Gasteiger partial charge in [-0.2, -0.15) is 4.31 Å². The second-order valence-corrected chi connectivity index (χ2v) is 9.87. The highest BCUT2D eigenvalue weighted by atomic mass is 32.2. The predicted octanol–water partition coefficient (Wildman–Crippen LogP) is 3.44. The monoisotopic (exact) mass is 460 g/mol. The summed E-state index contributed by atoms with van der Waals surface area (Å²) in [7, 11) is -3.43. The fourth-order valence-corrected chi connectivity index (χ4v) is 5.09. The van der Waals surface area contributed by atoms with Gasteiger partial charge in [-0.1, -0.05) is 19.1 Å². The van der Waals surface area contributed by atoms with Crippen LogP contribution in [0.1, 0.15) is 37.3 Å². The van der Waals surface area contributed by atoms with Crippen molar-refractivity contribution in [2.75, 3.05) is 26.2 Å². The number of amides is 1. The molecule has 1 aliphatic rings. The van der Waals surface area contributed by atoms with Gasteiger partial charge in [0, 0.05) is 13.1 Å². The first-order chi connectivity index (χ1) is 15.3. The third kappa shape index (κ3) is 5.81. The number of hydrogen-bond donors (Lipinski definition) is 1. The van der Waals surface area contributed by atoms with Crippen LogP contribution in [-0.4, -0.2) is 51.0 Å². The maximum atomic E-state index is 12.6. The second kappa shape index (κ2) is 10.8. The number of benzene rings is 2. The summed E-state index contributed by atoms with van der Waals surface area (Å²) >= 11 is 0. The molecule has 8 heteroatoms. The van der Waals surface area contributed by atoms with Gasteiger partial charge in [0.1, 0.15) is 18.1 Å². The average molecular weight is 461 g/mol. The number of nitrogens with one attached hydrogen (secondary N) is 1. The van der Waals surface area contributed by atoms with Crippen molar-refractivity contribution in [3.8, 4) is 11.5 Å². The lowest BCUT2D eigenvalue weighted by Crippen LogP contribution is -2.39. The first kappa shape index (κ1) is 24.1. The van der Waals surface area contributed by atoms with Crippen LogP contribution in [0.2, 0.25) is 0 Å². The summed E-state index contributed by atoms with van der Waals surface area (Å²) in [6.07, 6.45) is 1.78. The van der Waals surface area contributed by atoms with E-state index in [9.17, 15) is 13.2 Å². The highest BCUT2D eigenvalue weighted by Crippen LogP contribution is 2.24. The lowest BCUT2D eigenvalue weighted by atomic mass is 10.1. The Hall–Kier alpha value is -2.58. The minimum atomic E-state index is -3.43. The Morgan fingerprint density at radius 1 is 1.09 bits per heavy atom. The van der Waals surface area contributed by atoms with Crippen molar-refractivity contribution in [2.24, 2.45) is 0 Å². The van der Waals surface area contributed by atoms with Gasteiger partial charge in [-0.25, -0.2) is 8.42 Å². The maximum Gasteiger partial charge on any atom is 0.261 e. The molecule has 1 heterocycles. The number of ether oxygens (including phenoxy) is 2. The molecule has 3 rings (SSSR count). The van der Waals surface area contributed by atoms with E-state index in [1.807, 2.05) is 39.0 Å². The first-order valence-electron chi connectivity index (χ1n) is 11.1. The van der Waals surface area contributed by atoms with Crippen LogP contribution in [0.5, 0.6) is 11.5 Å². The van der Waals surface area contributed by atoms with Gasteiger partial charge in [0.25, 0.3) is 5.91 Å². The van der Waals surface area contributed by atoms with E-state index >= 15 is 0 Å². The molecule has 0 bridgehead atoms. The lowest BCUT2D eigenvalue weighted by molar-refractivity contribution is -0.128. The minimum Gasteiger partial charge on any atom is -0.492 e. The molecule has 0 aromatic heterocycles. The molecule has 1 amide bonds. The minimum absolute atomic E-state index is 0.191. The summed E-state index contributed by atoms with van der Waals surface area (Å²) in [6, 6.07) is 12.2. The topological polar surface area (TPSA) is 84.9 Å². The maximum absolute atomic E-state index is 12.6. The van der Waals surface area contributed by atoms with Gasteiger partial charge < -0.3 is 14.8 Å².